The monoisotopic (exact) mass is 306 g/mol. The summed E-state index contributed by atoms with van der Waals surface area (Å²) in [5, 5.41) is 21.9. The highest BCUT2D eigenvalue weighted by Crippen LogP contribution is 2.19. The SMILES string of the molecule is CC(C)[C@@](C)(C#N)NC(=O)CSC[C@@H](O)c1ccccc1. The van der Waals surface area contributed by atoms with E-state index >= 15 is 0 Å². The second-order valence-electron chi connectivity index (χ2n) is 5.46. The van der Waals surface area contributed by atoms with Crippen LogP contribution in [0.15, 0.2) is 30.3 Å². The van der Waals surface area contributed by atoms with Gasteiger partial charge in [-0.15, -0.1) is 11.8 Å². The van der Waals surface area contributed by atoms with Crippen molar-refractivity contribution < 1.29 is 9.90 Å². The molecular formula is C16H22N2O2S. The number of rotatable bonds is 7. The smallest absolute Gasteiger partial charge is 0.231 e. The first-order valence-electron chi connectivity index (χ1n) is 6.92. The number of nitriles is 1. The Morgan fingerprint density at radius 2 is 2.05 bits per heavy atom. The molecule has 1 rings (SSSR count). The third kappa shape index (κ3) is 5.41. The van der Waals surface area contributed by atoms with Crippen molar-refractivity contribution in [1.82, 2.24) is 5.32 Å². The molecule has 0 spiro atoms. The fourth-order valence-electron chi connectivity index (χ4n) is 1.66. The van der Waals surface area contributed by atoms with Gasteiger partial charge in [0.05, 0.1) is 17.9 Å². The number of thioether (sulfide) groups is 1. The average molecular weight is 306 g/mol. The van der Waals surface area contributed by atoms with Crippen LogP contribution in [-0.2, 0) is 4.79 Å². The maximum absolute atomic E-state index is 11.9. The van der Waals surface area contributed by atoms with Crippen LogP contribution in [0, 0.1) is 17.2 Å². The lowest BCUT2D eigenvalue weighted by Gasteiger charge is -2.27. The lowest BCUT2D eigenvalue weighted by atomic mass is 9.90. The molecule has 5 heteroatoms. The third-order valence-corrected chi connectivity index (χ3v) is 4.50. The number of hydrogen-bond donors (Lipinski definition) is 2. The van der Waals surface area contributed by atoms with Crippen molar-refractivity contribution in [3.8, 4) is 6.07 Å². The topological polar surface area (TPSA) is 73.1 Å². The van der Waals surface area contributed by atoms with Gasteiger partial charge in [0.15, 0.2) is 0 Å². The molecule has 21 heavy (non-hydrogen) atoms. The number of benzene rings is 1. The van der Waals surface area contributed by atoms with Crippen LogP contribution in [0.1, 0.15) is 32.4 Å². The first-order valence-corrected chi connectivity index (χ1v) is 8.07. The molecule has 1 amide bonds. The molecule has 0 unspecified atom stereocenters. The molecular weight excluding hydrogens is 284 g/mol. The molecule has 0 saturated carbocycles. The lowest BCUT2D eigenvalue weighted by Crippen LogP contribution is -2.49. The Labute approximate surface area is 130 Å². The first-order chi connectivity index (χ1) is 9.89. The van der Waals surface area contributed by atoms with Gasteiger partial charge in [-0.25, -0.2) is 0 Å². The van der Waals surface area contributed by atoms with E-state index in [0.29, 0.717) is 5.75 Å². The van der Waals surface area contributed by atoms with Gasteiger partial charge in [0, 0.05) is 5.75 Å². The largest absolute Gasteiger partial charge is 0.388 e. The second-order valence-corrected chi connectivity index (χ2v) is 6.49. The normalized spacial score (nSPS) is 15.0. The molecule has 2 N–H and O–H groups in total. The molecule has 0 aromatic heterocycles. The summed E-state index contributed by atoms with van der Waals surface area (Å²) in [7, 11) is 0. The van der Waals surface area contributed by atoms with Crippen molar-refractivity contribution >= 4 is 17.7 Å². The molecule has 0 radical (unpaired) electrons. The number of hydrogen-bond acceptors (Lipinski definition) is 4. The minimum Gasteiger partial charge on any atom is -0.388 e. The van der Waals surface area contributed by atoms with Crippen LogP contribution < -0.4 is 5.32 Å². The van der Waals surface area contributed by atoms with Gasteiger partial charge in [-0.05, 0) is 18.4 Å². The Morgan fingerprint density at radius 3 is 2.57 bits per heavy atom. The molecule has 0 fully saturated rings. The number of amides is 1. The minimum absolute atomic E-state index is 0.0337. The van der Waals surface area contributed by atoms with Crippen LogP contribution in [0.3, 0.4) is 0 Å². The van der Waals surface area contributed by atoms with Crippen LogP contribution >= 0.6 is 11.8 Å². The quantitative estimate of drug-likeness (QED) is 0.812. The highest BCUT2D eigenvalue weighted by Gasteiger charge is 2.29. The summed E-state index contributed by atoms with van der Waals surface area (Å²) in [5.41, 5.74) is -0.00941. The van der Waals surface area contributed by atoms with Gasteiger partial charge in [-0.1, -0.05) is 44.2 Å². The van der Waals surface area contributed by atoms with E-state index in [-0.39, 0.29) is 17.6 Å². The van der Waals surface area contributed by atoms with Crippen LogP contribution in [0.2, 0.25) is 0 Å². The van der Waals surface area contributed by atoms with Gasteiger partial charge in [0.1, 0.15) is 5.54 Å². The van der Waals surface area contributed by atoms with E-state index in [4.69, 9.17) is 5.26 Å². The molecule has 0 saturated heterocycles. The number of nitrogens with zero attached hydrogens (tertiary/aromatic N) is 1. The molecule has 0 aliphatic carbocycles. The molecule has 0 aliphatic rings. The van der Waals surface area contributed by atoms with E-state index in [9.17, 15) is 9.90 Å². The third-order valence-electron chi connectivity index (χ3n) is 3.48. The molecule has 2 atom stereocenters. The van der Waals surface area contributed by atoms with Crippen molar-refractivity contribution in [2.24, 2.45) is 5.92 Å². The fraction of sp³-hybridized carbons (Fsp3) is 0.500. The van der Waals surface area contributed by atoms with E-state index in [1.54, 1.807) is 6.92 Å². The Kier molecular flexibility index (Phi) is 6.73. The van der Waals surface area contributed by atoms with Gasteiger partial charge in [-0.2, -0.15) is 5.26 Å². The summed E-state index contributed by atoms with van der Waals surface area (Å²) in [6.07, 6.45) is -0.587. The minimum atomic E-state index is -0.851. The van der Waals surface area contributed by atoms with Crippen molar-refractivity contribution in [2.75, 3.05) is 11.5 Å². The van der Waals surface area contributed by atoms with Gasteiger partial charge in [0.25, 0.3) is 0 Å². The van der Waals surface area contributed by atoms with Gasteiger partial charge in [0.2, 0.25) is 5.91 Å². The fourth-order valence-corrected chi connectivity index (χ4v) is 2.45. The van der Waals surface area contributed by atoms with Crippen LogP contribution in [0.4, 0.5) is 0 Å². The average Bonchev–Trinajstić information content (AvgIpc) is 2.47. The Morgan fingerprint density at radius 1 is 1.43 bits per heavy atom. The zero-order valence-corrected chi connectivity index (χ0v) is 13.5. The van der Waals surface area contributed by atoms with Gasteiger partial charge < -0.3 is 10.4 Å². The molecule has 4 nitrogen and oxygen atoms in total. The van der Waals surface area contributed by atoms with Crippen LogP contribution in [0.5, 0.6) is 0 Å². The predicted molar refractivity (Wildman–Crippen MR) is 85.7 cm³/mol. The van der Waals surface area contributed by atoms with Crippen molar-refractivity contribution in [3.63, 3.8) is 0 Å². The molecule has 0 heterocycles. The number of aliphatic hydroxyl groups excluding tert-OH is 1. The molecule has 0 bridgehead atoms. The van der Waals surface area contributed by atoms with Crippen LogP contribution in [-0.4, -0.2) is 28.1 Å². The summed E-state index contributed by atoms with van der Waals surface area (Å²) in [4.78, 5) is 11.9. The summed E-state index contributed by atoms with van der Waals surface area (Å²) < 4.78 is 0. The zero-order valence-electron chi connectivity index (χ0n) is 12.7. The number of aliphatic hydroxyl groups is 1. The Hall–Kier alpha value is -1.51. The summed E-state index contributed by atoms with van der Waals surface area (Å²) in [6, 6.07) is 11.5. The van der Waals surface area contributed by atoms with E-state index in [0.717, 1.165) is 5.56 Å². The van der Waals surface area contributed by atoms with E-state index in [2.05, 4.69) is 11.4 Å². The number of nitrogens with one attached hydrogen (secondary N) is 1. The van der Waals surface area contributed by atoms with Gasteiger partial charge in [-0.3, -0.25) is 4.79 Å². The Bertz CT molecular complexity index is 499. The highest BCUT2D eigenvalue weighted by molar-refractivity contribution is 7.99. The standard InChI is InChI=1S/C16H22N2O2S/c1-12(2)16(3,11-17)18-15(20)10-21-9-14(19)13-7-5-4-6-8-13/h4-8,12,14,19H,9-10H2,1-3H3,(H,18,20)/t14-,16-/m1/s1. The zero-order chi connectivity index (χ0) is 15.9. The number of carbonyl (C=O) groups excluding carboxylic acids is 1. The second kappa shape index (κ2) is 8.06. The Balaban J connectivity index is 2.39. The lowest BCUT2D eigenvalue weighted by molar-refractivity contribution is -0.120. The molecule has 1 aromatic rings. The summed E-state index contributed by atoms with van der Waals surface area (Å²) in [5.74, 6) is 0.528. The molecule has 0 aliphatic heterocycles. The highest BCUT2D eigenvalue weighted by atomic mass is 32.2. The van der Waals surface area contributed by atoms with E-state index < -0.39 is 11.6 Å². The van der Waals surface area contributed by atoms with Gasteiger partial charge >= 0.3 is 0 Å². The maximum atomic E-state index is 11.9. The van der Waals surface area contributed by atoms with Crippen LogP contribution in [0.25, 0.3) is 0 Å². The predicted octanol–water partition coefficient (Wildman–Crippen LogP) is 2.51. The summed E-state index contributed by atoms with van der Waals surface area (Å²) in [6.45, 7) is 5.52. The first kappa shape index (κ1) is 17.5. The van der Waals surface area contributed by atoms with Crippen molar-refractivity contribution in [3.05, 3.63) is 35.9 Å². The summed E-state index contributed by atoms with van der Waals surface area (Å²) >= 11 is 1.36. The molecule has 1 aromatic carbocycles. The van der Waals surface area contributed by atoms with E-state index in [1.165, 1.54) is 11.8 Å². The maximum Gasteiger partial charge on any atom is 0.231 e. The number of carbonyl (C=O) groups is 1. The van der Waals surface area contributed by atoms with Crippen molar-refractivity contribution in [1.29, 1.82) is 5.26 Å². The molecule has 114 valence electrons. The van der Waals surface area contributed by atoms with E-state index in [1.807, 2.05) is 44.2 Å². The van der Waals surface area contributed by atoms with Crippen molar-refractivity contribution in [2.45, 2.75) is 32.4 Å².